The molecule has 0 saturated carbocycles. The number of imidazole rings is 1. The van der Waals surface area contributed by atoms with Gasteiger partial charge in [0.25, 0.3) is 0 Å². The lowest BCUT2D eigenvalue weighted by atomic mass is 9.75. The van der Waals surface area contributed by atoms with Gasteiger partial charge in [-0.25, -0.2) is 9.78 Å². The highest BCUT2D eigenvalue weighted by Gasteiger charge is 2.60. The molecule has 2 fully saturated rings. The highest BCUT2D eigenvalue weighted by atomic mass is 35.5. The third-order valence-electron chi connectivity index (χ3n) is 12.3. The Bertz CT molecular complexity index is 2080. The van der Waals surface area contributed by atoms with Crippen molar-refractivity contribution in [2.45, 2.75) is 64.1 Å². The van der Waals surface area contributed by atoms with Gasteiger partial charge in [-0.3, -0.25) is 19.5 Å². The van der Waals surface area contributed by atoms with Crippen molar-refractivity contribution in [1.29, 1.82) is 0 Å². The van der Waals surface area contributed by atoms with Crippen LogP contribution in [0.3, 0.4) is 0 Å². The van der Waals surface area contributed by atoms with Gasteiger partial charge in [-0.2, -0.15) is 0 Å². The summed E-state index contributed by atoms with van der Waals surface area (Å²) in [4.78, 5) is 55.7. The van der Waals surface area contributed by atoms with E-state index >= 15 is 0 Å². The number of amides is 2. The monoisotopic (exact) mass is 1020 g/mol. The van der Waals surface area contributed by atoms with Crippen molar-refractivity contribution in [3.63, 3.8) is 0 Å². The number of aryl methyl sites for hydroxylation is 1. The fourth-order valence-electron chi connectivity index (χ4n) is 8.57. The van der Waals surface area contributed by atoms with Crippen LogP contribution in [0.5, 0.6) is 0 Å². The number of hydrogen-bond donors (Lipinski definition) is 0. The van der Waals surface area contributed by atoms with Gasteiger partial charge in [-0.15, -0.1) is 0 Å². The molecule has 1 spiro atoms. The average Bonchev–Trinajstić information content (AvgIpc) is 3.80. The number of benzene rings is 1. The van der Waals surface area contributed by atoms with Gasteiger partial charge in [0, 0.05) is 76.7 Å². The normalized spacial score (nSPS) is 16.0. The van der Waals surface area contributed by atoms with E-state index in [2.05, 4.69) is 19.4 Å². The number of aromatic nitrogens is 3. The molecule has 3 aliphatic rings. The summed E-state index contributed by atoms with van der Waals surface area (Å²) in [7, 11) is 1.43. The molecule has 6 rings (SSSR count). The van der Waals surface area contributed by atoms with Gasteiger partial charge in [0.1, 0.15) is 16.8 Å². The number of unbranched alkanes of at least 4 members (excludes halogenated alkanes) is 1. The standard InChI is InChI=1S/C50H76ClN7O13/c1-49(2,3)71-48(61)56-38-50(39-56)41-9-11-52-36-44(41)58(47(50)60)37-45-53-42-35-40(51)7-8-43(42)57(45)12-5-6-19-63-21-23-65-25-27-67-29-31-69-33-34-70-32-30-68-28-26-66-24-22-64-20-18-55-16-14-54(15-17-55)13-10-46(59)62-4/h7-9,11,35-36H,5-6,10,12-34,37-39H2,1-4H3. The minimum atomic E-state index is -0.848. The van der Waals surface area contributed by atoms with Crippen LogP contribution in [-0.2, 0) is 75.5 Å². The summed E-state index contributed by atoms with van der Waals surface area (Å²) in [5.41, 5.74) is 1.81. The SMILES string of the molecule is COC(=O)CCN1CCN(CCOCCOCCOCCOCCOCCOCCOCCOCCCCn2c(CN3C(=O)C4(CN(C(=O)OC(C)(C)C)C4)c4ccncc43)nc3cc(Cl)ccc32)CC1. The van der Waals surface area contributed by atoms with E-state index in [4.69, 9.17) is 64.0 Å². The molecule has 71 heavy (non-hydrogen) atoms. The molecule has 0 bridgehead atoms. The maximum absolute atomic E-state index is 14.2. The van der Waals surface area contributed by atoms with Gasteiger partial charge >= 0.3 is 12.1 Å². The Morgan fingerprint density at radius 2 is 1.23 bits per heavy atom. The van der Waals surface area contributed by atoms with Gasteiger partial charge in [-0.1, -0.05) is 11.6 Å². The van der Waals surface area contributed by atoms with Gasteiger partial charge in [0.2, 0.25) is 5.91 Å². The summed E-state index contributed by atoms with van der Waals surface area (Å²) in [5, 5.41) is 0.588. The Kier molecular flexibility index (Phi) is 23.4. The van der Waals surface area contributed by atoms with E-state index in [0.717, 1.165) is 80.2 Å². The minimum absolute atomic E-state index is 0.0774. The Hall–Kier alpha value is -4.06. The molecule has 1 aromatic carbocycles. The third kappa shape index (κ3) is 17.8. The number of carbonyl (C=O) groups excluding carboxylic acids is 3. The number of hydrogen-bond acceptors (Lipinski definition) is 17. The summed E-state index contributed by atoms with van der Waals surface area (Å²) in [6.45, 7) is 20.6. The van der Waals surface area contributed by atoms with Crippen LogP contribution in [0.25, 0.3) is 11.0 Å². The van der Waals surface area contributed by atoms with E-state index in [9.17, 15) is 14.4 Å². The molecule has 2 amide bonds. The predicted octanol–water partition coefficient (Wildman–Crippen LogP) is 4.21. The zero-order chi connectivity index (χ0) is 50.3. The zero-order valence-corrected chi connectivity index (χ0v) is 43.0. The van der Waals surface area contributed by atoms with Crippen molar-refractivity contribution in [1.82, 2.24) is 29.2 Å². The van der Waals surface area contributed by atoms with Crippen LogP contribution >= 0.6 is 11.6 Å². The molecule has 396 valence electrons. The Morgan fingerprint density at radius 3 is 1.77 bits per heavy atom. The van der Waals surface area contributed by atoms with Gasteiger partial charge in [0.15, 0.2) is 0 Å². The van der Waals surface area contributed by atoms with Crippen LogP contribution in [-0.4, -0.2) is 218 Å². The first-order chi connectivity index (χ1) is 34.5. The smallest absolute Gasteiger partial charge is 0.410 e. The Labute approximate surface area is 423 Å². The number of ether oxygens (including phenoxy) is 10. The number of fused-ring (bicyclic) bond motifs is 3. The van der Waals surface area contributed by atoms with Crippen LogP contribution in [0.1, 0.15) is 51.4 Å². The summed E-state index contributed by atoms with van der Waals surface area (Å²) in [6, 6.07) is 7.53. The second-order valence-electron chi connectivity index (χ2n) is 18.6. The van der Waals surface area contributed by atoms with Crippen LogP contribution in [0.2, 0.25) is 5.02 Å². The number of methoxy groups -OCH3 is 1. The summed E-state index contributed by atoms with van der Waals surface area (Å²) >= 11 is 6.37. The van der Waals surface area contributed by atoms with Gasteiger partial charge in [0.05, 0.1) is 142 Å². The van der Waals surface area contributed by atoms with Crippen LogP contribution in [0, 0.1) is 0 Å². The van der Waals surface area contributed by atoms with Gasteiger partial charge in [-0.05, 0) is 63.4 Å². The van der Waals surface area contributed by atoms with Crippen LogP contribution < -0.4 is 4.90 Å². The molecular weight excluding hydrogens is 942 g/mol. The number of esters is 1. The van der Waals surface area contributed by atoms with Crippen molar-refractivity contribution in [3.8, 4) is 0 Å². The second kappa shape index (κ2) is 29.6. The van der Waals surface area contributed by atoms with Crippen molar-refractivity contribution in [2.24, 2.45) is 0 Å². The highest BCUT2D eigenvalue weighted by Crippen LogP contribution is 2.48. The maximum Gasteiger partial charge on any atom is 0.410 e. The fourth-order valence-corrected chi connectivity index (χ4v) is 8.74. The Morgan fingerprint density at radius 1 is 0.690 bits per heavy atom. The number of halogens is 1. The summed E-state index contributed by atoms with van der Waals surface area (Å²) < 4.78 is 57.6. The molecule has 0 aliphatic carbocycles. The average molecular weight is 1020 g/mol. The Balaban J connectivity index is 0.718. The van der Waals surface area contributed by atoms with E-state index in [1.807, 2.05) is 45.0 Å². The number of rotatable bonds is 34. The molecule has 0 unspecified atom stereocenters. The van der Waals surface area contributed by atoms with E-state index in [0.29, 0.717) is 124 Å². The van der Waals surface area contributed by atoms with E-state index in [-0.39, 0.29) is 31.5 Å². The van der Waals surface area contributed by atoms with Crippen molar-refractivity contribution in [2.75, 3.05) is 170 Å². The van der Waals surface area contributed by atoms with E-state index in [1.54, 1.807) is 22.2 Å². The van der Waals surface area contributed by atoms with Gasteiger partial charge < -0.3 is 66.6 Å². The first-order valence-electron chi connectivity index (χ1n) is 25.0. The highest BCUT2D eigenvalue weighted by molar-refractivity contribution is 6.31. The molecule has 5 heterocycles. The molecule has 21 heteroatoms. The lowest BCUT2D eigenvalue weighted by Gasteiger charge is -2.46. The number of carbonyl (C=O) groups is 3. The molecule has 0 atom stereocenters. The largest absolute Gasteiger partial charge is 0.469 e. The quantitative estimate of drug-likeness (QED) is 0.0611. The van der Waals surface area contributed by atoms with Crippen LogP contribution in [0.15, 0.2) is 36.7 Å². The third-order valence-corrected chi connectivity index (χ3v) is 12.6. The molecular formula is C50H76ClN7O13. The summed E-state index contributed by atoms with van der Waals surface area (Å²) in [6.07, 6.45) is 5.08. The van der Waals surface area contributed by atoms with E-state index < -0.39 is 17.1 Å². The maximum atomic E-state index is 14.2. The van der Waals surface area contributed by atoms with Crippen molar-refractivity contribution < 1.29 is 61.8 Å². The fraction of sp³-hybridized carbons (Fsp3) is 0.700. The molecule has 2 saturated heterocycles. The second-order valence-corrected chi connectivity index (χ2v) is 19.1. The zero-order valence-electron chi connectivity index (χ0n) is 42.3. The number of pyridine rings is 1. The lowest BCUT2D eigenvalue weighted by Crippen LogP contribution is -2.65. The van der Waals surface area contributed by atoms with Crippen molar-refractivity contribution in [3.05, 3.63) is 53.1 Å². The molecule has 3 aliphatic heterocycles. The summed E-state index contributed by atoms with van der Waals surface area (Å²) in [5.74, 6) is 0.503. The number of nitrogens with zero attached hydrogens (tertiary/aromatic N) is 7. The van der Waals surface area contributed by atoms with Crippen LogP contribution in [0.4, 0.5) is 10.5 Å². The first kappa shape index (κ1) is 56.2. The molecule has 3 aromatic rings. The molecule has 20 nitrogen and oxygen atoms in total. The topological polar surface area (TPSA) is 187 Å². The predicted molar refractivity (Wildman–Crippen MR) is 265 cm³/mol. The van der Waals surface area contributed by atoms with E-state index in [1.165, 1.54) is 7.11 Å². The number of anilines is 1. The number of piperazine rings is 1. The molecule has 0 N–H and O–H groups in total. The molecule has 2 aromatic heterocycles. The van der Waals surface area contributed by atoms with Crippen molar-refractivity contribution >= 4 is 46.3 Å². The minimum Gasteiger partial charge on any atom is -0.469 e. The lowest BCUT2D eigenvalue weighted by molar-refractivity contribution is -0.141. The molecule has 0 radical (unpaired) electrons. The number of likely N-dealkylation sites (tertiary alicyclic amines) is 1. The first-order valence-corrected chi connectivity index (χ1v) is 25.4.